The molecular weight excluding hydrogens is 259 g/mol. The molecule has 0 aliphatic carbocycles. The third kappa shape index (κ3) is 2.53. The van der Waals surface area contributed by atoms with E-state index in [1.807, 2.05) is 4.57 Å². The Morgan fingerprint density at radius 3 is 2.71 bits per heavy atom. The van der Waals surface area contributed by atoms with Gasteiger partial charge in [0.2, 0.25) is 0 Å². The minimum Gasteiger partial charge on any atom is -0.311 e. The predicted molar refractivity (Wildman–Crippen MR) is 69.5 cm³/mol. The minimum absolute atomic E-state index is 0.188. The van der Waals surface area contributed by atoms with Gasteiger partial charge in [-0.25, -0.2) is 15.0 Å². The first kappa shape index (κ1) is 12.6. The summed E-state index contributed by atoms with van der Waals surface area (Å²) in [6.07, 6.45) is 4.17. The molecule has 2 aromatic rings. The van der Waals surface area contributed by atoms with E-state index in [9.17, 15) is 0 Å². The van der Waals surface area contributed by atoms with Crippen molar-refractivity contribution in [1.82, 2.24) is 19.5 Å². The van der Waals surface area contributed by atoms with Gasteiger partial charge in [0, 0.05) is 5.88 Å². The molecule has 92 valence electrons. The quantitative estimate of drug-likeness (QED) is 0.634. The van der Waals surface area contributed by atoms with E-state index in [0.717, 1.165) is 12.1 Å². The van der Waals surface area contributed by atoms with E-state index in [1.54, 1.807) is 6.33 Å². The fraction of sp³-hybridized carbons (Fsp3) is 0.545. The van der Waals surface area contributed by atoms with Crippen molar-refractivity contribution in [3.63, 3.8) is 0 Å². The van der Waals surface area contributed by atoms with Crippen LogP contribution >= 0.6 is 23.2 Å². The number of aromatic nitrogens is 4. The topological polar surface area (TPSA) is 43.6 Å². The largest absolute Gasteiger partial charge is 0.311 e. The molecule has 2 heterocycles. The third-order valence-corrected chi connectivity index (χ3v) is 3.26. The van der Waals surface area contributed by atoms with Gasteiger partial charge in [0.05, 0.1) is 12.4 Å². The zero-order valence-electron chi connectivity index (χ0n) is 9.77. The van der Waals surface area contributed by atoms with Gasteiger partial charge in [-0.05, 0) is 12.3 Å². The number of rotatable bonds is 4. The molecular formula is C11H14Cl2N4. The van der Waals surface area contributed by atoms with Crippen LogP contribution in [0.4, 0.5) is 0 Å². The Hall–Kier alpha value is -0.870. The van der Waals surface area contributed by atoms with E-state index in [2.05, 4.69) is 28.8 Å². The fourth-order valence-electron chi connectivity index (χ4n) is 1.89. The molecule has 0 aliphatic rings. The molecule has 0 aliphatic heterocycles. The van der Waals surface area contributed by atoms with Crippen molar-refractivity contribution >= 4 is 34.4 Å². The molecule has 2 rings (SSSR count). The molecule has 4 nitrogen and oxygen atoms in total. The highest BCUT2D eigenvalue weighted by atomic mass is 35.5. The predicted octanol–water partition coefficient (Wildman–Crippen LogP) is 3.31. The Morgan fingerprint density at radius 1 is 1.29 bits per heavy atom. The molecule has 0 spiro atoms. The van der Waals surface area contributed by atoms with Crippen molar-refractivity contribution in [2.45, 2.75) is 26.3 Å². The molecule has 0 bridgehead atoms. The number of alkyl halides is 1. The van der Waals surface area contributed by atoms with Gasteiger partial charge in [-0.3, -0.25) is 0 Å². The van der Waals surface area contributed by atoms with Gasteiger partial charge in [-0.1, -0.05) is 25.4 Å². The molecule has 17 heavy (non-hydrogen) atoms. The smallest absolute Gasteiger partial charge is 0.165 e. The van der Waals surface area contributed by atoms with Gasteiger partial charge >= 0.3 is 0 Å². The van der Waals surface area contributed by atoms with Gasteiger partial charge in [-0.15, -0.1) is 11.6 Å². The Kier molecular flexibility index (Phi) is 3.84. The normalized spacial score (nSPS) is 13.5. The lowest BCUT2D eigenvalue weighted by atomic mass is 10.1. The van der Waals surface area contributed by atoms with Gasteiger partial charge in [0.25, 0.3) is 0 Å². The highest BCUT2D eigenvalue weighted by Gasteiger charge is 2.16. The summed E-state index contributed by atoms with van der Waals surface area (Å²) in [7, 11) is 0. The molecule has 1 unspecified atom stereocenters. The van der Waals surface area contributed by atoms with E-state index in [4.69, 9.17) is 23.2 Å². The van der Waals surface area contributed by atoms with Crippen LogP contribution in [-0.2, 0) is 0 Å². The number of hydrogen-bond acceptors (Lipinski definition) is 3. The molecule has 6 heteroatoms. The molecule has 0 saturated carbocycles. The number of fused-ring (bicyclic) bond motifs is 1. The van der Waals surface area contributed by atoms with E-state index >= 15 is 0 Å². The van der Waals surface area contributed by atoms with Gasteiger partial charge in [-0.2, -0.15) is 0 Å². The zero-order chi connectivity index (χ0) is 12.4. The van der Waals surface area contributed by atoms with Crippen molar-refractivity contribution in [1.29, 1.82) is 0 Å². The summed E-state index contributed by atoms with van der Waals surface area (Å²) in [6, 6.07) is 0.188. The van der Waals surface area contributed by atoms with Gasteiger partial charge in [0.15, 0.2) is 10.8 Å². The Labute approximate surface area is 110 Å². The lowest BCUT2D eigenvalue weighted by Crippen LogP contribution is -2.13. The Morgan fingerprint density at radius 2 is 2.06 bits per heavy atom. The summed E-state index contributed by atoms with van der Waals surface area (Å²) in [5, 5.41) is 0.381. The van der Waals surface area contributed by atoms with Crippen molar-refractivity contribution < 1.29 is 0 Å². The highest BCUT2D eigenvalue weighted by Crippen LogP contribution is 2.25. The molecule has 1 atom stereocenters. The lowest BCUT2D eigenvalue weighted by Gasteiger charge is -2.18. The van der Waals surface area contributed by atoms with E-state index in [0.29, 0.717) is 22.5 Å². The fourth-order valence-corrected chi connectivity index (χ4v) is 2.34. The zero-order valence-corrected chi connectivity index (χ0v) is 11.3. The van der Waals surface area contributed by atoms with E-state index in [-0.39, 0.29) is 6.04 Å². The number of imidazole rings is 1. The molecule has 0 fully saturated rings. The summed E-state index contributed by atoms with van der Waals surface area (Å²) < 4.78 is 1.98. The minimum atomic E-state index is 0.188. The van der Waals surface area contributed by atoms with Gasteiger partial charge < -0.3 is 4.57 Å². The second kappa shape index (κ2) is 5.19. The first-order chi connectivity index (χ1) is 8.13. The molecule has 2 aromatic heterocycles. The first-order valence-corrected chi connectivity index (χ1v) is 6.43. The maximum Gasteiger partial charge on any atom is 0.165 e. The maximum absolute atomic E-state index is 6.02. The molecule has 0 amide bonds. The van der Waals surface area contributed by atoms with Crippen LogP contribution < -0.4 is 0 Å². The monoisotopic (exact) mass is 272 g/mol. The SMILES string of the molecule is CC(C)CC(CCl)n1cnc2c(Cl)ncnc21. The average molecular weight is 273 g/mol. The molecule has 0 saturated heterocycles. The van der Waals surface area contributed by atoms with Crippen LogP contribution in [0.15, 0.2) is 12.7 Å². The first-order valence-electron chi connectivity index (χ1n) is 5.52. The molecule has 0 radical (unpaired) electrons. The number of nitrogens with zero attached hydrogens (tertiary/aromatic N) is 4. The average Bonchev–Trinajstić information content (AvgIpc) is 2.71. The third-order valence-electron chi connectivity index (χ3n) is 2.63. The number of hydrogen-bond donors (Lipinski definition) is 0. The van der Waals surface area contributed by atoms with Crippen LogP contribution in [0.2, 0.25) is 5.15 Å². The van der Waals surface area contributed by atoms with Crippen molar-refractivity contribution in [2.24, 2.45) is 5.92 Å². The second-order valence-electron chi connectivity index (χ2n) is 4.43. The summed E-state index contributed by atoms with van der Waals surface area (Å²) in [4.78, 5) is 12.4. The van der Waals surface area contributed by atoms with Crippen molar-refractivity contribution in [2.75, 3.05) is 5.88 Å². The van der Waals surface area contributed by atoms with Crippen LogP contribution in [0.5, 0.6) is 0 Å². The lowest BCUT2D eigenvalue weighted by molar-refractivity contribution is 0.437. The Balaban J connectivity index is 2.44. The molecule has 0 N–H and O–H groups in total. The maximum atomic E-state index is 6.02. The van der Waals surface area contributed by atoms with Crippen LogP contribution in [0.1, 0.15) is 26.3 Å². The summed E-state index contributed by atoms with van der Waals surface area (Å²) >= 11 is 12.0. The van der Waals surface area contributed by atoms with E-state index < -0.39 is 0 Å². The van der Waals surface area contributed by atoms with Crippen LogP contribution in [0.25, 0.3) is 11.2 Å². The standard InChI is InChI=1S/C11H14Cl2N4/c1-7(2)3-8(4-12)17-6-16-9-10(13)14-5-15-11(9)17/h5-8H,3-4H2,1-2H3. The van der Waals surface area contributed by atoms with Crippen LogP contribution in [-0.4, -0.2) is 25.4 Å². The molecule has 0 aromatic carbocycles. The summed E-state index contributed by atoms with van der Waals surface area (Å²) in [5.41, 5.74) is 1.38. The van der Waals surface area contributed by atoms with Crippen LogP contribution in [0.3, 0.4) is 0 Å². The van der Waals surface area contributed by atoms with E-state index in [1.165, 1.54) is 6.33 Å². The van der Waals surface area contributed by atoms with Crippen molar-refractivity contribution in [3.8, 4) is 0 Å². The van der Waals surface area contributed by atoms with Gasteiger partial charge in [0.1, 0.15) is 11.8 Å². The Bertz CT molecular complexity index is 509. The summed E-state index contributed by atoms with van der Waals surface area (Å²) in [6.45, 7) is 4.33. The van der Waals surface area contributed by atoms with Crippen molar-refractivity contribution in [3.05, 3.63) is 17.8 Å². The number of halogens is 2. The second-order valence-corrected chi connectivity index (χ2v) is 5.09. The van der Waals surface area contributed by atoms with Crippen LogP contribution in [0, 0.1) is 5.92 Å². The highest BCUT2D eigenvalue weighted by molar-refractivity contribution is 6.33. The summed E-state index contributed by atoms with van der Waals surface area (Å²) in [5.74, 6) is 1.10.